The molecule has 1 fully saturated rings. The molecule has 1 aromatic rings. The molecule has 1 aromatic carbocycles. The SMILES string of the molecule is CC(C)(C)[Si](C)(C)OC1CCCC1CC(=N)N(O)c1cccc(Cl)c1. The topological polar surface area (TPSA) is 56.5 Å². The van der Waals surface area contributed by atoms with E-state index in [2.05, 4.69) is 33.9 Å². The van der Waals surface area contributed by atoms with Crippen molar-refractivity contribution in [2.45, 2.75) is 70.7 Å². The van der Waals surface area contributed by atoms with Gasteiger partial charge in [0.15, 0.2) is 8.32 Å². The molecular formula is C19H31ClN2O2Si. The summed E-state index contributed by atoms with van der Waals surface area (Å²) in [5.74, 6) is 0.480. The first-order valence-corrected chi connectivity index (χ1v) is 12.3. The fourth-order valence-electron chi connectivity index (χ4n) is 3.05. The first-order chi connectivity index (χ1) is 11.5. The number of nitrogens with zero attached hydrogens (tertiary/aromatic N) is 1. The Kier molecular flexibility index (Phi) is 6.36. The minimum Gasteiger partial charge on any atom is -0.414 e. The molecule has 2 rings (SSSR count). The smallest absolute Gasteiger partial charge is 0.192 e. The van der Waals surface area contributed by atoms with Gasteiger partial charge in [-0.3, -0.25) is 10.6 Å². The molecule has 0 aromatic heterocycles. The molecule has 0 amide bonds. The van der Waals surface area contributed by atoms with Gasteiger partial charge in [0.2, 0.25) is 0 Å². The Morgan fingerprint density at radius 2 is 2.04 bits per heavy atom. The summed E-state index contributed by atoms with van der Waals surface area (Å²) in [6.45, 7) is 11.3. The van der Waals surface area contributed by atoms with Gasteiger partial charge in [0.05, 0.1) is 5.69 Å². The van der Waals surface area contributed by atoms with E-state index in [1.54, 1.807) is 24.3 Å². The van der Waals surface area contributed by atoms with Gasteiger partial charge in [0, 0.05) is 17.5 Å². The number of benzene rings is 1. The van der Waals surface area contributed by atoms with Crippen LogP contribution in [0.3, 0.4) is 0 Å². The van der Waals surface area contributed by atoms with Gasteiger partial charge in [0.25, 0.3) is 0 Å². The molecule has 2 N–H and O–H groups in total. The largest absolute Gasteiger partial charge is 0.414 e. The summed E-state index contributed by atoms with van der Waals surface area (Å²) in [5, 5.41) is 20.3. The summed E-state index contributed by atoms with van der Waals surface area (Å²) < 4.78 is 6.60. The average molecular weight is 383 g/mol. The second kappa shape index (κ2) is 7.78. The molecule has 1 saturated carbocycles. The van der Waals surface area contributed by atoms with Gasteiger partial charge in [0.1, 0.15) is 5.84 Å². The average Bonchev–Trinajstić information content (AvgIpc) is 2.91. The van der Waals surface area contributed by atoms with Gasteiger partial charge in [-0.25, -0.2) is 5.06 Å². The van der Waals surface area contributed by atoms with Crippen molar-refractivity contribution in [3.8, 4) is 0 Å². The van der Waals surface area contributed by atoms with E-state index >= 15 is 0 Å². The van der Waals surface area contributed by atoms with Gasteiger partial charge in [-0.05, 0) is 55.1 Å². The van der Waals surface area contributed by atoms with Gasteiger partial charge >= 0.3 is 0 Å². The van der Waals surface area contributed by atoms with Crippen LogP contribution in [0.5, 0.6) is 0 Å². The molecule has 0 spiro atoms. The van der Waals surface area contributed by atoms with Crippen LogP contribution >= 0.6 is 11.6 Å². The maximum atomic E-state index is 10.3. The molecule has 1 aliphatic carbocycles. The number of hydroxylamine groups is 1. The molecule has 1 aliphatic rings. The monoisotopic (exact) mass is 382 g/mol. The fourth-order valence-corrected chi connectivity index (χ4v) is 4.65. The van der Waals surface area contributed by atoms with E-state index in [9.17, 15) is 5.21 Å². The highest BCUT2D eigenvalue weighted by Gasteiger charge is 2.42. The molecule has 0 heterocycles. The summed E-state index contributed by atoms with van der Waals surface area (Å²) in [4.78, 5) is 0. The Balaban J connectivity index is 2.02. The molecule has 25 heavy (non-hydrogen) atoms. The highest BCUT2D eigenvalue weighted by molar-refractivity contribution is 6.74. The summed E-state index contributed by atoms with van der Waals surface area (Å²) >= 11 is 5.98. The normalized spacial score (nSPS) is 21.4. The van der Waals surface area contributed by atoms with Crippen LogP contribution in [0.4, 0.5) is 5.69 Å². The number of nitrogens with one attached hydrogen (secondary N) is 1. The predicted octanol–water partition coefficient (Wildman–Crippen LogP) is 6.09. The summed E-state index contributed by atoms with van der Waals surface area (Å²) in [7, 11) is -1.83. The van der Waals surface area contributed by atoms with Crippen LogP contribution in [0.2, 0.25) is 23.2 Å². The number of halogens is 1. The van der Waals surface area contributed by atoms with E-state index < -0.39 is 8.32 Å². The van der Waals surface area contributed by atoms with Crippen molar-refractivity contribution in [2.75, 3.05) is 5.06 Å². The molecule has 2 unspecified atom stereocenters. The van der Waals surface area contributed by atoms with Crippen LogP contribution < -0.4 is 5.06 Å². The first-order valence-electron chi connectivity index (χ1n) is 9.01. The van der Waals surface area contributed by atoms with E-state index in [1.807, 2.05) is 0 Å². The third-order valence-electron chi connectivity index (χ3n) is 5.61. The summed E-state index contributed by atoms with van der Waals surface area (Å²) in [5.41, 5.74) is 0.525. The maximum absolute atomic E-state index is 10.3. The second-order valence-corrected chi connectivity index (χ2v) is 13.7. The number of anilines is 1. The van der Waals surface area contributed by atoms with Crippen molar-refractivity contribution in [3.63, 3.8) is 0 Å². The second-order valence-electron chi connectivity index (χ2n) is 8.55. The Labute approximate surface area is 157 Å². The van der Waals surface area contributed by atoms with Gasteiger partial charge < -0.3 is 4.43 Å². The molecule has 0 radical (unpaired) electrons. The van der Waals surface area contributed by atoms with Gasteiger partial charge in [-0.2, -0.15) is 0 Å². The lowest BCUT2D eigenvalue weighted by atomic mass is 10.0. The number of amidine groups is 1. The highest BCUT2D eigenvalue weighted by atomic mass is 35.5. The molecule has 0 saturated heterocycles. The van der Waals surface area contributed by atoms with Gasteiger partial charge in [-0.15, -0.1) is 0 Å². The van der Waals surface area contributed by atoms with E-state index in [1.165, 1.54) is 0 Å². The molecule has 6 heteroatoms. The van der Waals surface area contributed by atoms with Crippen molar-refractivity contribution in [2.24, 2.45) is 5.92 Å². The van der Waals surface area contributed by atoms with Crippen LogP contribution in [0, 0.1) is 11.3 Å². The fraction of sp³-hybridized carbons (Fsp3) is 0.632. The van der Waals surface area contributed by atoms with Crippen LogP contribution in [-0.2, 0) is 4.43 Å². The number of hydrogen-bond donors (Lipinski definition) is 2. The lowest BCUT2D eigenvalue weighted by Crippen LogP contribution is -2.45. The maximum Gasteiger partial charge on any atom is 0.192 e. The van der Waals surface area contributed by atoms with Crippen molar-refractivity contribution in [1.29, 1.82) is 5.41 Å². The summed E-state index contributed by atoms with van der Waals surface area (Å²) in [6, 6.07) is 6.93. The summed E-state index contributed by atoms with van der Waals surface area (Å²) in [6.07, 6.45) is 3.93. The molecule has 0 bridgehead atoms. The zero-order chi connectivity index (χ0) is 18.8. The Morgan fingerprint density at radius 3 is 2.64 bits per heavy atom. The Hall–Kier alpha value is -0.883. The Bertz CT molecular complexity index is 616. The van der Waals surface area contributed by atoms with Crippen molar-refractivity contribution < 1.29 is 9.63 Å². The molecular weight excluding hydrogens is 352 g/mol. The van der Waals surface area contributed by atoms with Crippen molar-refractivity contribution >= 4 is 31.4 Å². The van der Waals surface area contributed by atoms with E-state index in [0.717, 1.165) is 24.3 Å². The van der Waals surface area contributed by atoms with E-state index in [4.69, 9.17) is 21.4 Å². The van der Waals surface area contributed by atoms with Crippen molar-refractivity contribution in [1.82, 2.24) is 0 Å². The zero-order valence-electron chi connectivity index (χ0n) is 16.0. The third kappa shape index (κ3) is 5.06. The molecule has 140 valence electrons. The molecule has 0 aliphatic heterocycles. The van der Waals surface area contributed by atoms with Crippen LogP contribution in [0.1, 0.15) is 46.5 Å². The number of hydrogen-bond acceptors (Lipinski definition) is 3. The highest BCUT2D eigenvalue weighted by Crippen LogP contribution is 2.41. The zero-order valence-corrected chi connectivity index (χ0v) is 17.7. The lowest BCUT2D eigenvalue weighted by molar-refractivity contribution is 0.142. The quantitative estimate of drug-likeness (QED) is 0.280. The molecule has 4 nitrogen and oxygen atoms in total. The van der Waals surface area contributed by atoms with Crippen molar-refractivity contribution in [3.05, 3.63) is 29.3 Å². The van der Waals surface area contributed by atoms with Crippen LogP contribution in [0.25, 0.3) is 0 Å². The Morgan fingerprint density at radius 1 is 1.36 bits per heavy atom. The standard InChI is InChI=1S/C19H31ClN2O2Si/c1-19(2,3)25(4,5)24-17-11-6-8-14(17)12-18(21)22(23)16-10-7-9-15(20)13-16/h7,9-10,13-14,17,21,23H,6,8,11-12H2,1-5H3. The minimum absolute atomic E-state index is 0.178. The minimum atomic E-state index is -1.83. The third-order valence-corrected chi connectivity index (χ3v) is 10.3. The molecule has 2 atom stereocenters. The lowest BCUT2D eigenvalue weighted by Gasteiger charge is -2.40. The van der Waals surface area contributed by atoms with Gasteiger partial charge in [-0.1, -0.05) is 44.9 Å². The first kappa shape index (κ1) is 20.4. The van der Waals surface area contributed by atoms with Crippen LogP contribution in [-0.4, -0.2) is 25.5 Å². The van der Waals surface area contributed by atoms with Crippen LogP contribution in [0.15, 0.2) is 24.3 Å². The van der Waals surface area contributed by atoms with E-state index in [0.29, 0.717) is 17.1 Å². The van der Waals surface area contributed by atoms with E-state index in [-0.39, 0.29) is 22.9 Å². The predicted molar refractivity (Wildman–Crippen MR) is 107 cm³/mol. The number of rotatable bonds is 5.